The molecule has 0 saturated heterocycles. The van der Waals surface area contributed by atoms with Crippen LogP contribution in [0.3, 0.4) is 0 Å². The summed E-state index contributed by atoms with van der Waals surface area (Å²) < 4.78 is 0. The zero-order valence-corrected chi connectivity index (χ0v) is 11.6. The van der Waals surface area contributed by atoms with Crippen molar-refractivity contribution in [2.45, 2.75) is 44.6 Å². The Labute approximate surface area is 118 Å². The van der Waals surface area contributed by atoms with Gasteiger partial charge in [-0.05, 0) is 37.7 Å². The number of carboxylic acid groups (broad SMARTS) is 1. The summed E-state index contributed by atoms with van der Waals surface area (Å²) in [5.41, 5.74) is 2.23. The summed E-state index contributed by atoms with van der Waals surface area (Å²) in [5, 5.41) is 8.84. The van der Waals surface area contributed by atoms with E-state index in [-0.39, 0.29) is 12.5 Å². The minimum atomic E-state index is -0.762. The van der Waals surface area contributed by atoms with Gasteiger partial charge in [0.1, 0.15) is 0 Å². The predicted molar refractivity (Wildman–Crippen MR) is 75.8 cm³/mol. The van der Waals surface area contributed by atoms with Crippen molar-refractivity contribution in [3.63, 3.8) is 0 Å². The number of aromatic nitrogens is 2. The zero-order valence-electron chi connectivity index (χ0n) is 11.6. The van der Waals surface area contributed by atoms with E-state index in [1.54, 1.807) is 0 Å². The summed E-state index contributed by atoms with van der Waals surface area (Å²) in [4.78, 5) is 21.8. The van der Waals surface area contributed by atoms with Gasteiger partial charge in [-0.15, -0.1) is 0 Å². The molecule has 0 bridgehead atoms. The van der Waals surface area contributed by atoms with E-state index in [2.05, 4.69) is 21.8 Å². The third kappa shape index (κ3) is 2.81. The van der Waals surface area contributed by atoms with Crippen LogP contribution in [0.4, 0.5) is 5.95 Å². The maximum absolute atomic E-state index is 10.8. The lowest BCUT2D eigenvalue weighted by Gasteiger charge is -2.32. The van der Waals surface area contributed by atoms with Gasteiger partial charge >= 0.3 is 5.97 Å². The van der Waals surface area contributed by atoms with Crippen LogP contribution in [-0.4, -0.2) is 33.6 Å². The first kappa shape index (κ1) is 13.1. The molecular formula is C15H19N3O2. The van der Waals surface area contributed by atoms with E-state index in [4.69, 9.17) is 5.11 Å². The van der Waals surface area contributed by atoms with Gasteiger partial charge in [0.2, 0.25) is 5.95 Å². The van der Waals surface area contributed by atoms with Gasteiger partial charge in [-0.25, -0.2) is 9.97 Å². The Morgan fingerprint density at radius 1 is 1.40 bits per heavy atom. The third-order valence-electron chi connectivity index (χ3n) is 4.01. The van der Waals surface area contributed by atoms with E-state index in [1.165, 1.54) is 18.4 Å². The van der Waals surface area contributed by atoms with Crippen LogP contribution in [0.15, 0.2) is 24.0 Å². The van der Waals surface area contributed by atoms with Crippen LogP contribution in [0.1, 0.15) is 44.1 Å². The molecule has 1 saturated carbocycles. The molecule has 1 aromatic heterocycles. The first-order valence-corrected chi connectivity index (χ1v) is 7.12. The fourth-order valence-electron chi connectivity index (χ4n) is 2.70. The number of rotatable bonds is 4. The normalized spacial score (nSPS) is 22.6. The third-order valence-corrected chi connectivity index (χ3v) is 4.01. The van der Waals surface area contributed by atoms with E-state index in [0.717, 1.165) is 17.9 Å². The number of carbonyl (C=O) groups is 1. The number of hydrogen-bond donors (Lipinski definition) is 1. The van der Waals surface area contributed by atoms with Crippen LogP contribution in [0, 0.1) is 0 Å². The summed E-state index contributed by atoms with van der Waals surface area (Å²) in [6, 6.07) is 0.237. The molecule has 1 N–H and O–H groups in total. The molecule has 20 heavy (non-hydrogen) atoms. The highest BCUT2D eigenvalue weighted by atomic mass is 16.4. The molecule has 0 radical (unpaired) electrons. The Morgan fingerprint density at radius 2 is 2.10 bits per heavy atom. The van der Waals surface area contributed by atoms with Gasteiger partial charge in [-0.3, -0.25) is 4.79 Å². The Morgan fingerprint density at radius 3 is 2.65 bits per heavy atom. The van der Waals surface area contributed by atoms with Crippen LogP contribution in [0.5, 0.6) is 0 Å². The van der Waals surface area contributed by atoms with Crippen molar-refractivity contribution in [1.29, 1.82) is 0 Å². The molecule has 0 spiro atoms. The molecule has 1 atom stereocenters. The fraction of sp³-hybridized carbons (Fsp3) is 0.533. The standard InChI is InChI=1S/C15H19N3O2/c1-10-6-11(7-14(19)20)4-5-18(10)15-16-8-13(9-17-15)12-2-3-12/h4,8-10,12H,2-3,5-7H2,1H3,(H,19,20). The SMILES string of the molecule is CC1CC(CC(=O)O)=CCN1c1ncc(C2CC2)cn1. The Bertz CT molecular complexity index is 535. The van der Waals surface area contributed by atoms with Crippen LogP contribution < -0.4 is 4.90 Å². The highest BCUT2D eigenvalue weighted by Crippen LogP contribution is 2.39. The molecule has 1 aliphatic carbocycles. The highest BCUT2D eigenvalue weighted by Gasteiger charge is 2.26. The monoisotopic (exact) mass is 273 g/mol. The van der Waals surface area contributed by atoms with Crippen molar-refractivity contribution in [1.82, 2.24) is 9.97 Å². The lowest BCUT2D eigenvalue weighted by Crippen LogP contribution is -2.38. The van der Waals surface area contributed by atoms with E-state index < -0.39 is 5.97 Å². The van der Waals surface area contributed by atoms with E-state index in [1.807, 2.05) is 18.5 Å². The second-order valence-electron chi connectivity index (χ2n) is 5.73. The summed E-state index contributed by atoms with van der Waals surface area (Å²) in [6.07, 6.45) is 9.27. The van der Waals surface area contributed by atoms with Gasteiger partial charge < -0.3 is 10.0 Å². The van der Waals surface area contributed by atoms with Gasteiger partial charge in [0.15, 0.2) is 0 Å². The number of anilines is 1. The van der Waals surface area contributed by atoms with Crippen LogP contribution in [0.2, 0.25) is 0 Å². The van der Waals surface area contributed by atoms with Gasteiger partial charge in [0.25, 0.3) is 0 Å². The molecule has 1 aromatic rings. The first-order valence-electron chi connectivity index (χ1n) is 7.12. The summed E-state index contributed by atoms with van der Waals surface area (Å²) in [5.74, 6) is 0.652. The predicted octanol–water partition coefficient (Wildman–Crippen LogP) is 2.35. The molecule has 0 aromatic carbocycles. The van der Waals surface area contributed by atoms with E-state index >= 15 is 0 Å². The van der Waals surface area contributed by atoms with E-state index in [9.17, 15) is 4.79 Å². The van der Waals surface area contributed by atoms with Crippen molar-refractivity contribution in [3.8, 4) is 0 Å². The lowest BCUT2D eigenvalue weighted by molar-refractivity contribution is -0.136. The molecule has 1 unspecified atom stereocenters. The average molecular weight is 273 g/mol. The maximum atomic E-state index is 10.8. The largest absolute Gasteiger partial charge is 0.481 e. The van der Waals surface area contributed by atoms with Gasteiger partial charge in [0, 0.05) is 25.0 Å². The molecule has 2 heterocycles. The summed E-state index contributed by atoms with van der Waals surface area (Å²) in [6.45, 7) is 2.78. The number of nitrogens with zero attached hydrogens (tertiary/aromatic N) is 3. The number of carboxylic acids is 1. The van der Waals surface area contributed by atoms with Crippen molar-refractivity contribution < 1.29 is 9.90 Å². The van der Waals surface area contributed by atoms with Gasteiger partial charge in [-0.1, -0.05) is 11.6 Å². The molecule has 1 fully saturated rings. The summed E-state index contributed by atoms with van der Waals surface area (Å²) >= 11 is 0. The molecule has 3 rings (SSSR count). The van der Waals surface area contributed by atoms with Crippen molar-refractivity contribution in [2.24, 2.45) is 0 Å². The molecule has 5 heteroatoms. The van der Waals surface area contributed by atoms with E-state index in [0.29, 0.717) is 12.5 Å². The topological polar surface area (TPSA) is 66.3 Å². The molecule has 2 aliphatic rings. The Kier molecular flexibility index (Phi) is 3.42. The second kappa shape index (κ2) is 5.23. The maximum Gasteiger partial charge on any atom is 0.307 e. The van der Waals surface area contributed by atoms with Crippen LogP contribution in [0.25, 0.3) is 0 Å². The minimum absolute atomic E-state index is 0.139. The molecule has 1 aliphatic heterocycles. The smallest absolute Gasteiger partial charge is 0.307 e. The molecule has 0 amide bonds. The Balaban J connectivity index is 1.70. The Hall–Kier alpha value is -1.91. The average Bonchev–Trinajstić information content (AvgIpc) is 3.23. The molecule has 5 nitrogen and oxygen atoms in total. The fourth-order valence-corrected chi connectivity index (χ4v) is 2.70. The van der Waals surface area contributed by atoms with Gasteiger partial charge in [0.05, 0.1) is 6.42 Å². The molecule has 106 valence electrons. The lowest BCUT2D eigenvalue weighted by atomic mass is 9.99. The highest BCUT2D eigenvalue weighted by molar-refractivity contribution is 5.70. The van der Waals surface area contributed by atoms with Crippen LogP contribution in [-0.2, 0) is 4.79 Å². The second-order valence-corrected chi connectivity index (χ2v) is 5.73. The molecular weight excluding hydrogens is 254 g/mol. The first-order chi connectivity index (χ1) is 9.63. The number of aliphatic carboxylic acids is 1. The van der Waals surface area contributed by atoms with Crippen LogP contribution >= 0.6 is 0 Å². The minimum Gasteiger partial charge on any atom is -0.481 e. The quantitative estimate of drug-likeness (QED) is 0.853. The van der Waals surface area contributed by atoms with Gasteiger partial charge in [-0.2, -0.15) is 0 Å². The number of hydrogen-bond acceptors (Lipinski definition) is 4. The van der Waals surface area contributed by atoms with Crippen molar-refractivity contribution in [3.05, 3.63) is 29.6 Å². The summed E-state index contributed by atoms with van der Waals surface area (Å²) in [7, 11) is 0. The van der Waals surface area contributed by atoms with Crippen molar-refractivity contribution in [2.75, 3.05) is 11.4 Å². The zero-order chi connectivity index (χ0) is 14.1. The van der Waals surface area contributed by atoms with Crippen molar-refractivity contribution >= 4 is 11.9 Å².